The van der Waals surface area contributed by atoms with E-state index in [0.717, 1.165) is 24.1 Å². The lowest BCUT2D eigenvalue weighted by Crippen LogP contribution is -2.42. The minimum Gasteiger partial charge on any atom is -0.305 e. The van der Waals surface area contributed by atoms with E-state index >= 15 is 0 Å². The van der Waals surface area contributed by atoms with E-state index in [1.165, 1.54) is 12.3 Å². The molecular weight excluding hydrogens is 255 g/mol. The highest BCUT2D eigenvalue weighted by molar-refractivity contribution is 6.07. The lowest BCUT2D eigenvalue weighted by atomic mass is 9.96. The minimum absolute atomic E-state index is 0.0241. The van der Waals surface area contributed by atoms with Crippen LogP contribution in [0.25, 0.3) is 0 Å². The lowest BCUT2D eigenvalue weighted by Gasteiger charge is -2.35. The molecule has 0 fully saturated rings. The van der Waals surface area contributed by atoms with Gasteiger partial charge in [0.15, 0.2) is 0 Å². The summed E-state index contributed by atoms with van der Waals surface area (Å²) in [5, 5.41) is 0. The van der Waals surface area contributed by atoms with E-state index in [1.54, 1.807) is 11.0 Å². The number of benzene rings is 1. The van der Waals surface area contributed by atoms with Crippen molar-refractivity contribution >= 4 is 11.6 Å². The number of hydrogen-bond donors (Lipinski definition) is 0. The van der Waals surface area contributed by atoms with E-state index in [0.29, 0.717) is 0 Å². The molecule has 0 spiro atoms. The highest BCUT2D eigenvalue weighted by Crippen LogP contribution is 2.31. The van der Waals surface area contributed by atoms with Gasteiger partial charge < -0.3 is 4.90 Å². The molecule has 1 unspecified atom stereocenters. The fourth-order valence-electron chi connectivity index (χ4n) is 2.67. The summed E-state index contributed by atoms with van der Waals surface area (Å²) in [6.07, 6.45) is 3.17. The topological polar surface area (TPSA) is 33.2 Å². The number of carbonyl (C=O) groups is 1. The number of carbonyl (C=O) groups excluding carboxylic acids is 1. The van der Waals surface area contributed by atoms with Crippen molar-refractivity contribution in [1.82, 2.24) is 4.98 Å². The molecule has 3 nitrogen and oxygen atoms in total. The van der Waals surface area contributed by atoms with Crippen LogP contribution in [0.3, 0.4) is 0 Å². The lowest BCUT2D eigenvalue weighted by molar-refractivity contribution is 0.0970. The van der Waals surface area contributed by atoms with Crippen LogP contribution in [-0.4, -0.2) is 16.9 Å². The molecule has 0 N–H and O–H groups in total. The predicted molar refractivity (Wildman–Crippen MR) is 75.2 cm³/mol. The van der Waals surface area contributed by atoms with Crippen molar-refractivity contribution in [1.29, 1.82) is 0 Å². The number of hydrogen-bond acceptors (Lipinski definition) is 2. The number of fused-ring (bicyclic) bond motifs is 1. The first kappa shape index (κ1) is 12.8. The number of amides is 1. The summed E-state index contributed by atoms with van der Waals surface area (Å²) in [4.78, 5) is 17.9. The maximum atomic E-state index is 13.7. The Labute approximate surface area is 117 Å². The average Bonchev–Trinajstić information content (AvgIpc) is 2.47. The molecule has 3 rings (SSSR count). The van der Waals surface area contributed by atoms with Crippen LogP contribution in [0.1, 0.15) is 29.3 Å². The molecule has 1 aromatic heterocycles. The van der Waals surface area contributed by atoms with E-state index in [1.807, 2.05) is 31.2 Å². The van der Waals surface area contributed by atoms with E-state index < -0.39 is 5.95 Å². The maximum Gasteiger partial charge on any atom is 0.263 e. The Bertz CT molecular complexity index is 656. The second kappa shape index (κ2) is 5.04. The second-order valence-corrected chi connectivity index (χ2v) is 5.03. The van der Waals surface area contributed by atoms with E-state index in [9.17, 15) is 9.18 Å². The Morgan fingerprint density at radius 3 is 2.90 bits per heavy atom. The fraction of sp³-hybridized carbons (Fsp3) is 0.250. The summed E-state index contributed by atoms with van der Waals surface area (Å²) in [5.41, 5.74) is 2.03. The molecule has 0 bridgehead atoms. The Kier molecular flexibility index (Phi) is 3.22. The van der Waals surface area contributed by atoms with E-state index in [2.05, 4.69) is 4.98 Å². The summed E-state index contributed by atoms with van der Waals surface area (Å²) in [6.45, 7) is 1.99. The van der Waals surface area contributed by atoms with Crippen LogP contribution < -0.4 is 4.90 Å². The van der Waals surface area contributed by atoms with Crippen LogP contribution in [0.2, 0.25) is 0 Å². The number of halogens is 1. The SMILES string of the molecule is CC1CCc2ccccc2N1C(=O)c1cccnc1F. The molecule has 1 aliphatic rings. The molecule has 1 amide bonds. The van der Waals surface area contributed by atoms with Gasteiger partial charge in [-0.25, -0.2) is 4.98 Å². The molecule has 1 aliphatic heterocycles. The van der Waals surface area contributed by atoms with Gasteiger partial charge in [-0.15, -0.1) is 0 Å². The summed E-state index contributed by atoms with van der Waals surface area (Å²) in [6, 6.07) is 10.9. The van der Waals surface area contributed by atoms with Crippen LogP contribution in [-0.2, 0) is 6.42 Å². The average molecular weight is 270 g/mol. The molecule has 4 heteroatoms. The first-order valence-electron chi connectivity index (χ1n) is 6.70. The number of aromatic nitrogens is 1. The van der Waals surface area contributed by atoms with Gasteiger partial charge in [0, 0.05) is 17.9 Å². The quantitative estimate of drug-likeness (QED) is 0.745. The van der Waals surface area contributed by atoms with E-state index in [-0.39, 0.29) is 17.5 Å². The first-order chi connectivity index (χ1) is 9.68. The van der Waals surface area contributed by atoms with Crippen LogP contribution in [0.5, 0.6) is 0 Å². The molecule has 20 heavy (non-hydrogen) atoms. The number of aryl methyl sites for hydroxylation is 1. The summed E-state index contributed by atoms with van der Waals surface area (Å²) < 4.78 is 13.7. The van der Waals surface area contributed by atoms with E-state index in [4.69, 9.17) is 0 Å². The third kappa shape index (κ3) is 2.07. The van der Waals surface area contributed by atoms with Gasteiger partial charge >= 0.3 is 0 Å². The third-order valence-corrected chi connectivity index (χ3v) is 3.73. The van der Waals surface area contributed by atoms with Gasteiger partial charge in [0.05, 0.1) is 5.56 Å². The highest BCUT2D eigenvalue weighted by atomic mass is 19.1. The van der Waals surface area contributed by atoms with Gasteiger partial charge in [0.1, 0.15) is 0 Å². The number of rotatable bonds is 1. The van der Waals surface area contributed by atoms with Crippen molar-refractivity contribution in [2.24, 2.45) is 0 Å². The molecular formula is C16H15FN2O. The number of para-hydroxylation sites is 1. The van der Waals surface area contributed by atoms with Crippen LogP contribution in [0, 0.1) is 5.95 Å². The first-order valence-corrected chi connectivity index (χ1v) is 6.70. The number of pyridine rings is 1. The van der Waals surface area contributed by atoms with Gasteiger partial charge in [-0.1, -0.05) is 18.2 Å². The Morgan fingerprint density at radius 1 is 1.30 bits per heavy atom. The van der Waals surface area contributed by atoms with Crippen molar-refractivity contribution in [3.8, 4) is 0 Å². The second-order valence-electron chi connectivity index (χ2n) is 5.03. The van der Waals surface area contributed by atoms with Crippen molar-refractivity contribution in [2.75, 3.05) is 4.90 Å². The molecule has 1 aromatic carbocycles. The summed E-state index contributed by atoms with van der Waals surface area (Å²) >= 11 is 0. The van der Waals surface area contributed by atoms with Crippen LogP contribution in [0.4, 0.5) is 10.1 Å². The zero-order valence-corrected chi connectivity index (χ0v) is 11.2. The summed E-state index contributed by atoms with van der Waals surface area (Å²) in [5.74, 6) is -1.04. The van der Waals surface area contributed by atoms with Crippen molar-refractivity contribution in [3.05, 3.63) is 59.7 Å². The largest absolute Gasteiger partial charge is 0.305 e. The van der Waals surface area contributed by atoms with Gasteiger partial charge in [-0.2, -0.15) is 4.39 Å². The molecule has 1 atom stereocenters. The normalized spacial score (nSPS) is 17.7. The zero-order chi connectivity index (χ0) is 14.1. The zero-order valence-electron chi connectivity index (χ0n) is 11.2. The molecule has 2 aromatic rings. The van der Waals surface area contributed by atoms with Gasteiger partial charge in [-0.3, -0.25) is 4.79 Å². The number of anilines is 1. The third-order valence-electron chi connectivity index (χ3n) is 3.73. The van der Waals surface area contributed by atoms with Crippen molar-refractivity contribution in [2.45, 2.75) is 25.8 Å². The molecule has 0 aliphatic carbocycles. The summed E-state index contributed by atoms with van der Waals surface area (Å²) in [7, 11) is 0. The smallest absolute Gasteiger partial charge is 0.263 e. The van der Waals surface area contributed by atoms with Gasteiger partial charge in [0.2, 0.25) is 5.95 Å². The fourth-order valence-corrected chi connectivity index (χ4v) is 2.67. The standard InChI is InChI=1S/C16H15FN2O/c1-11-8-9-12-5-2-3-7-14(12)19(11)16(20)13-6-4-10-18-15(13)17/h2-7,10-11H,8-9H2,1H3. The van der Waals surface area contributed by atoms with Gasteiger partial charge in [-0.05, 0) is 43.5 Å². The monoisotopic (exact) mass is 270 g/mol. The molecule has 102 valence electrons. The van der Waals surface area contributed by atoms with Crippen LogP contribution in [0.15, 0.2) is 42.6 Å². The number of nitrogens with zero attached hydrogens (tertiary/aromatic N) is 2. The molecule has 2 heterocycles. The maximum absolute atomic E-state index is 13.7. The minimum atomic E-state index is -0.715. The highest BCUT2D eigenvalue weighted by Gasteiger charge is 2.30. The molecule has 0 radical (unpaired) electrons. The van der Waals surface area contributed by atoms with Crippen LogP contribution >= 0.6 is 0 Å². The van der Waals surface area contributed by atoms with Gasteiger partial charge in [0.25, 0.3) is 5.91 Å². The molecule has 0 saturated heterocycles. The Balaban J connectivity index is 2.05. The van der Waals surface area contributed by atoms with Crippen molar-refractivity contribution < 1.29 is 9.18 Å². The predicted octanol–water partition coefficient (Wildman–Crippen LogP) is 3.20. The van der Waals surface area contributed by atoms with Crippen molar-refractivity contribution in [3.63, 3.8) is 0 Å². The Hall–Kier alpha value is -2.23. The molecule has 0 saturated carbocycles. The Morgan fingerprint density at radius 2 is 2.10 bits per heavy atom.